The van der Waals surface area contributed by atoms with Crippen molar-refractivity contribution in [1.82, 2.24) is 0 Å². The number of hydrogen-bond acceptors (Lipinski definition) is 1. The SMILES string of the molecule is CC(C(=O)C(C)c1ccc(CCC(C)(C)C)c(C(F)(F)F)c1)c1ccc(CCC(C)(C)C)c(C(F)(F)F)c1. The van der Waals surface area contributed by atoms with E-state index in [4.69, 9.17) is 0 Å². The molecule has 0 spiro atoms. The highest BCUT2D eigenvalue weighted by molar-refractivity contribution is 5.91. The summed E-state index contributed by atoms with van der Waals surface area (Å²) in [6, 6.07) is 7.93. The third kappa shape index (κ3) is 8.88. The fourth-order valence-electron chi connectivity index (χ4n) is 4.41. The lowest BCUT2D eigenvalue weighted by molar-refractivity contribution is -0.139. The van der Waals surface area contributed by atoms with E-state index in [9.17, 15) is 31.1 Å². The van der Waals surface area contributed by atoms with Crippen LogP contribution in [0, 0.1) is 10.8 Å². The normalized spacial score (nSPS) is 14.9. The molecule has 0 aromatic heterocycles. The van der Waals surface area contributed by atoms with E-state index < -0.39 is 41.1 Å². The van der Waals surface area contributed by atoms with Crippen molar-refractivity contribution in [2.45, 2.75) is 105 Å². The molecular weight excluding hydrogens is 502 g/mol. The van der Waals surface area contributed by atoms with Crippen molar-refractivity contribution in [3.8, 4) is 0 Å². The Labute approximate surface area is 223 Å². The summed E-state index contributed by atoms with van der Waals surface area (Å²) in [6.07, 6.45) is -7.54. The van der Waals surface area contributed by atoms with Gasteiger partial charge in [-0.25, -0.2) is 0 Å². The van der Waals surface area contributed by atoms with Crippen LogP contribution in [-0.2, 0) is 30.0 Å². The van der Waals surface area contributed by atoms with Crippen molar-refractivity contribution in [3.05, 3.63) is 69.8 Å². The minimum atomic E-state index is -4.58. The van der Waals surface area contributed by atoms with Crippen molar-refractivity contribution >= 4 is 5.78 Å². The van der Waals surface area contributed by atoms with Crippen LogP contribution < -0.4 is 0 Å². The molecule has 0 aliphatic carbocycles. The fourth-order valence-corrected chi connectivity index (χ4v) is 4.41. The van der Waals surface area contributed by atoms with Crippen molar-refractivity contribution < 1.29 is 31.1 Å². The van der Waals surface area contributed by atoms with E-state index >= 15 is 0 Å². The molecule has 0 saturated heterocycles. The zero-order valence-corrected chi connectivity index (χ0v) is 23.6. The van der Waals surface area contributed by atoms with Crippen LogP contribution in [0.2, 0.25) is 0 Å². The van der Waals surface area contributed by atoms with Crippen LogP contribution in [0.25, 0.3) is 0 Å². The molecule has 0 N–H and O–H groups in total. The van der Waals surface area contributed by atoms with Crippen molar-refractivity contribution in [1.29, 1.82) is 0 Å². The topological polar surface area (TPSA) is 17.1 Å². The molecule has 0 radical (unpaired) electrons. The maximum atomic E-state index is 13.9. The number of carbonyl (C=O) groups is 1. The molecule has 0 fully saturated rings. The molecule has 0 heterocycles. The third-order valence-electron chi connectivity index (χ3n) is 7.02. The Balaban J connectivity index is 2.37. The summed E-state index contributed by atoms with van der Waals surface area (Å²) in [5.41, 5.74) is -1.08. The molecule has 212 valence electrons. The number of aryl methyl sites for hydroxylation is 2. The van der Waals surface area contributed by atoms with E-state index in [2.05, 4.69) is 0 Å². The van der Waals surface area contributed by atoms with E-state index in [0.717, 1.165) is 12.1 Å². The predicted octanol–water partition coefficient (Wildman–Crippen LogP) is 10.2. The lowest BCUT2D eigenvalue weighted by Gasteiger charge is -2.23. The molecule has 0 aliphatic heterocycles. The lowest BCUT2D eigenvalue weighted by atomic mass is 9.82. The molecule has 2 unspecified atom stereocenters. The second-order valence-corrected chi connectivity index (χ2v) is 12.8. The summed E-state index contributed by atoms with van der Waals surface area (Å²) in [5, 5.41) is 0. The monoisotopic (exact) mass is 542 g/mol. The number of ketones is 1. The van der Waals surface area contributed by atoms with Crippen LogP contribution in [0.1, 0.15) is 113 Å². The van der Waals surface area contributed by atoms with Crippen LogP contribution in [0.4, 0.5) is 26.3 Å². The standard InChI is InChI=1S/C31H40F6O/c1-19(23-11-9-21(13-15-28(3,4)5)25(17-23)30(32,33)34)27(38)20(2)24-12-10-22(14-16-29(6,7)8)26(18-24)31(35,36)37/h9-12,17-20H,13-16H2,1-8H3. The van der Waals surface area contributed by atoms with Gasteiger partial charge in [0, 0.05) is 11.8 Å². The zero-order chi connectivity index (χ0) is 29.3. The van der Waals surface area contributed by atoms with E-state index in [-0.39, 0.29) is 45.9 Å². The van der Waals surface area contributed by atoms with Gasteiger partial charge in [-0.15, -0.1) is 0 Å². The molecule has 2 atom stereocenters. The molecule has 2 aromatic rings. The number of alkyl halides is 6. The molecule has 0 bridgehead atoms. The van der Waals surface area contributed by atoms with Gasteiger partial charge >= 0.3 is 12.4 Å². The summed E-state index contributed by atoms with van der Waals surface area (Å²) < 4.78 is 83.3. The number of carbonyl (C=O) groups excluding carboxylic acids is 1. The summed E-state index contributed by atoms with van der Waals surface area (Å²) >= 11 is 0. The number of hydrogen-bond donors (Lipinski definition) is 0. The summed E-state index contributed by atoms with van der Waals surface area (Å²) in [7, 11) is 0. The highest BCUT2D eigenvalue weighted by Gasteiger charge is 2.36. The lowest BCUT2D eigenvalue weighted by Crippen LogP contribution is -2.19. The summed E-state index contributed by atoms with van der Waals surface area (Å²) in [5.74, 6) is -2.27. The van der Waals surface area contributed by atoms with Gasteiger partial charge in [-0.2, -0.15) is 26.3 Å². The highest BCUT2D eigenvalue weighted by atomic mass is 19.4. The molecule has 1 nitrogen and oxygen atoms in total. The molecule has 7 heteroatoms. The minimum Gasteiger partial charge on any atom is -0.298 e. The van der Waals surface area contributed by atoms with Crippen LogP contribution in [0.3, 0.4) is 0 Å². The molecule has 0 saturated carbocycles. The number of Topliss-reactive ketones (excluding diaryl/α,β-unsaturated/α-hetero) is 1. The van der Waals surface area contributed by atoms with Gasteiger partial charge in [-0.05, 0) is 70.9 Å². The van der Waals surface area contributed by atoms with Crippen molar-refractivity contribution in [3.63, 3.8) is 0 Å². The van der Waals surface area contributed by atoms with Crippen LogP contribution >= 0.6 is 0 Å². The Kier molecular flexibility index (Phi) is 9.60. The Bertz CT molecular complexity index is 1030. The first-order valence-corrected chi connectivity index (χ1v) is 13.0. The average molecular weight is 543 g/mol. The fraction of sp³-hybridized carbons (Fsp3) is 0.581. The van der Waals surface area contributed by atoms with Crippen molar-refractivity contribution in [2.75, 3.05) is 0 Å². The van der Waals surface area contributed by atoms with E-state index in [1.54, 1.807) is 0 Å². The maximum absolute atomic E-state index is 13.9. The third-order valence-corrected chi connectivity index (χ3v) is 7.02. The Morgan fingerprint density at radius 3 is 1.21 bits per heavy atom. The van der Waals surface area contributed by atoms with Gasteiger partial charge in [0.05, 0.1) is 11.1 Å². The van der Waals surface area contributed by atoms with Gasteiger partial charge in [0.1, 0.15) is 5.78 Å². The van der Waals surface area contributed by atoms with Crippen molar-refractivity contribution in [2.24, 2.45) is 10.8 Å². The molecule has 0 amide bonds. The van der Waals surface area contributed by atoms with Crippen LogP contribution in [0.15, 0.2) is 36.4 Å². The molecule has 2 aromatic carbocycles. The van der Waals surface area contributed by atoms with Gasteiger partial charge in [-0.3, -0.25) is 4.79 Å². The minimum absolute atomic E-state index is 0.141. The summed E-state index contributed by atoms with van der Waals surface area (Å²) in [4.78, 5) is 13.3. The molecular formula is C31H40F6O. The summed E-state index contributed by atoms with van der Waals surface area (Å²) in [6.45, 7) is 14.7. The number of benzene rings is 2. The first-order chi connectivity index (χ1) is 17.1. The molecule has 0 aliphatic rings. The first-order valence-electron chi connectivity index (χ1n) is 13.0. The van der Waals surface area contributed by atoms with E-state index in [1.165, 1.54) is 38.1 Å². The number of halogens is 6. The zero-order valence-electron chi connectivity index (χ0n) is 23.6. The van der Waals surface area contributed by atoms with Gasteiger partial charge in [0.15, 0.2) is 0 Å². The Hall–Kier alpha value is -2.31. The second kappa shape index (κ2) is 11.4. The smallest absolute Gasteiger partial charge is 0.298 e. The quantitative estimate of drug-likeness (QED) is 0.303. The van der Waals surface area contributed by atoms with Crippen LogP contribution in [0.5, 0.6) is 0 Å². The second-order valence-electron chi connectivity index (χ2n) is 12.8. The maximum Gasteiger partial charge on any atom is 0.416 e. The van der Waals surface area contributed by atoms with Gasteiger partial charge < -0.3 is 0 Å². The van der Waals surface area contributed by atoms with Gasteiger partial charge in [0.25, 0.3) is 0 Å². The van der Waals surface area contributed by atoms with E-state index in [0.29, 0.717) is 12.8 Å². The van der Waals surface area contributed by atoms with E-state index in [1.807, 2.05) is 41.5 Å². The van der Waals surface area contributed by atoms with Gasteiger partial charge in [-0.1, -0.05) is 79.7 Å². The molecule has 2 rings (SSSR count). The Morgan fingerprint density at radius 1 is 0.632 bits per heavy atom. The predicted molar refractivity (Wildman–Crippen MR) is 140 cm³/mol. The Morgan fingerprint density at radius 2 is 0.947 bits per heavy atom. The first kappa shape index (κ1) is 31.9. The average Bonchev–Trinajstić information content (AvgIpc) is 2.77. The largest absolute Gasteiger partial charge is 0.416 e. The molecule has 38 heavy (non-hydrogen) atoms. The van der Waals surface area contributed by atoms with Gasteiger partial charge in [0.2, 0.25) is 0 Å². The van der Waals surface area contributed by atoms with Crippen LogP contribution in [-0.4, -0.2) is 5.78 Å². The highest BCUT2D eigenvalue weighted by Crippen LogP contribution is 2.39. The number of rotatable bonds is 8.